The van der Waals surface area contributed by atoms with Gasteiger partial charge in [-0.1, -0.05) is 0 Å². The van der Waals surface area contributed by atoms with E-state index in [9.17, 15) is 8.42 Å². The fourth-order valence-corrected chi connectivity index (χ4v) is 3.08. The summed E-state index contributed by atoms with van der Waals surface area (Å²) in [5, 5.41) is 0.185. The predicted molar refractivity (Wildman–Crippen MR) is 62.5 cm³/mol. The van der Waals surface area contributed by atoms with Gasteiger partial charge >= 0.3 is 0 Å². The Hall–Kier alpha value is -0.880. The third-order valence-electron chi connectivity index (χ3n) is 2.49. The van der Waals surface area contributed by atoms with Gasteiger partial charge < -0.3 is 4.90 Å². The van der Waals surface area contributed by atoms with Gasteiger partial charge in [-0.3, -0.25) is 0 Å². The molecule has 0 radical (unpaired) electrons. The minimum absolute atomic E-state index is 0.175. The maximum Gasteiger partial charge on any atom is 0.224 e. The smallest absolute Gasteiger partial charge is 0.224 e. The zero-order valence-electron chi connectivity index (χ0n) is 8.63. The molecule has 88 valence electrons. The van der Waals surface area contributed by atoms with Crippen molar-refractivity contribution in [2.45, 2.75) is 6.42 Å². The Morgan fingerprint density at radius 2 is 2.12 bits per heavy atom. The van der Waals surface area contributed by atoms with Crippen LogP contribution in [0.3, 0.4) is 0 Å². The van der Waals surface area contributed by atoms with Gasteiger partial charge in [-0.15, -0.1) is 0 Å². The van der Waals surface area contributed by atoms with Crippen LogP contribution in [0.5, 0.6) is 0 Å². The highest BCUT2D eigenvalue weighted by atomic mass is 35.5. The van der Waals surface area contributed by atoms with Crippen molar-refractivity contribution in [2.75, 3.05) is 29.5 Å². The van der Waals surface area contributed by atoms with Gasteiger partial charge in [-0.05, 0) is 24.1 Å². The molecule has 0 aromatic carbocycles. The number of anilines is 1. The van der Waals surface area contributed by atoms with Gasteiger partial charge in [0.15, 0.2) is 9.84 Å². The van der Waals surface area contributed by atoms with E-state index in [-0.39, 0.29) is 16.8 Å². The molecule has 0 atom stereocenters. The molecule has 0 saturated carbocycles. The molecular weight excluding hydrogens is 250 g/mol. The number of hydrogen-bond acceptors (Lipinski definition) is 5. The lowest BCUT2D eigenvalue weighted by molar-refractivity contribution is 0.597. The number of aromatic nitrogens is 2. The number of halogens is 1. The van der Waals surface area contributed by atoms with Gasteiger partial charge in [0.25, 0.3) is 0 Å². The summed E-state index contributed by atoms with van der Waals surface area (Å²) in [5.74, 6) is 1.12. The Morgan fingerprint density at radius 1 is 1.31 bits per heavy atom. The molecule has 0 aliphatic carbocycles. The molecule has 16 heavy (non-hydrogen) atoms. The van der Waals surface area contributed by atoms with Crippen molar-refractivity contribution in [1.29, 1.82) is 0 Å². The molecule has 2 rings (SSSR count). The molecular formula is C9H12ClN3O2S. The van der Waals surface area contributed by atoms with E-state index in [0.29, 0.717) is 25.3 Å². The Bertz CT molecular complexity index is 477. The summed E-state index contributed by atoms with van der Waals surface area (Å²) < 4.78 is 22.9. The van der Waals surface area contributed by atoms with Crippen LogP contribution >= 0.6 is 11.6 Å². The van der Waals surface area contributed by atoms with E-state index in [1.165, 1.54) is 0 Å². The van der Waals surface area contributed by atoms with E-state index < -0.39 is 9.84 Å². The summed E-state index contributed by atoms with van der Waals surface area (Å²) in [7, 11) is -2.89. The first-order chi connectivity index (χ1) is 7.57. The van der Waals surface area contributed by atoms with Crippen molar-refractivity contribution in [3.63, 3.8) is 0 Å². The minimum atomic E-state index is -2.89. The Kier molecular flexibility index (Phi) is 3.30. The van der Waals surface area contributed by atoms with Crippen molar-refractivity contribution < 1.29 is 8.42 Å². The first-order valence-electron chi connectivity index (χ1n) is 5.01. The molecule has 0 bridgehead atoms. The Morgan fingerprint density at radius 3 is 2.88 bits per heavy atom. The second-order valence-corrected chi connectivity index (χ2v) is 6.32. The topological polar surface area (TPSA) is 63.2 Å². The van der Waals surface area contributed by atoms with Crippen molar-refractivity contribution in [1.82, 2.24) is 9.97 Å². The highest BCUT2D eigenvalue weighted by Gasteiger charge is 2.19. The minimum Gasteiger partial charge on any atom is -0.355 e. The van der Waals surface area contributed by atoms with Crippen molar-refractivity contribution in [3.8, 4) is 0 Å². The maximum atomic E-state index is 11.4. The monoisotopic (exact) mass is 261 g/mol. The molecule has 7 heteroatoms. The van der Waals surface area contributed by atoms with Crippen LogP contribution in [0.1, 0.15) is 6.42 Å². The van der Waals surface area contributed by atoms with Crippen LogP contribution in [0.15, 0.2) is 12.3 Å². The highest BCUT2D eigenvalue weighted by molar-refractivity contribution is 7.91. The van der Waals surface area contributed by atoms with E-state index in [0.717, 1.165) is 0 Å². The molecule has 1 aliphatic heterocycles. The molecule has 0 spiro atoms. The highest BCUT2D eigenvalue weighted by Crippen LogP contribution is 2.15. The fraction of sp³-hybridized carbons (Fsp3) is 0.556. The summed E-state index contributed by atoms with van der Waals surface area (Å²) in [6.07, 6.45) is 2.20. The van der Waals surface area contributed by atoms with Gasteiger partial charge in [0, 0.05) is 19.3 Å². The fourth-order valence-electron chi connectivity index (χ4n) is 1.67. The Labute approximate surface area is 99.4 Å². The van der Waals surface area contributed by atoms with Gasteiger partial charge in [-0.2, -0.15) is 0 Å². The van der Waals surface area contributed by atoms with Gasteiger partial charge in [0.2, 0.25) is 5.28 Å². The van der Waals surface area contributed by atoms with Crippen LogP contribution in [0.2, 0.25) is 5.28 Å². The van der Waals surface area contributed by atoms with Gasteiger partial charge in [-0.25, -0.2) is 18.4 Å². The lowest BCUT2D eigenvalue weighted by Gasteiger charge is -2.20. The number of nitrogens with zero attached hydrogens (tertiary/aromatic N) is 3. The summed E-state index contributed by atoms with van der Waals surface area (Å²) in [4.78, 5) is 9.80. The molecule has 5 nitrogen and oxygen atoms in total. The van der Waals surface area contributed by atoms with Crippen LogP contribution in [0.4, 0.5) is 5.82 Å². The molecule has 1 aliphatic rings. The van der Waals surface area contributed by atoms with Crippen molar-refractivity contribution in [2.24, 2.45) is 0 Å². The van der Waals surface area contributed by atoms with E-state index in [1.54, 1.807) is 12.3 Å². The van der Waals surface area contributed by atoms with Gasteiger partial charge in [0.05, 0.1) is 11.5 Å². The van der Waals surface area contributed by atoms with Crippen LogP contribution < -0.4 is 4.90 Å². The molecule has 1 fully saturated rings. The van der Waals surface area contributed by atoms with E-state index in [4.69, 9.17) is 11.6 Å². The average molecular weight is 262 g/mol. The summed E-state index contributed by atoms with van der Waals surface area (Å²) in [5.41, 5.74) is 0. The molecule has 1 aromatic rings. The molecule has 1 saturated heterocycles. The predicted octanol–water partition coefficient (Wildman–Crippen LogP) is 0.755. The summed E-state index contributed by atoms with van der Waals surface area (Å²) >= 11 is 5.69. The summed E-state index contributed by atoms with van der Waals surface area (Å²) in [6, 6.07) is 1.74. The lowest BCUT2D eigenvalue weighted by atomic mass is 10.4. The molecule has 0 unspecified atom stereocenters. The molecule has 2 heterocycles. The third kappa shape index (κ3) is 2.82. The van der Waals surface area contributed by atoms with E-state index in [2.05, 4.69) is 9.97 Å². The van der Waals surface area contributed by atoms with Crippen LogP contribution in [-0.4, -0.2) is 43.0 Å². The second kappa shape index (κ2) is 4.55. The van der Waals surface area contributed by atoms with E-state index in [1.807, 2.05) is 4.90 Å². The number of hydrogen-bond donors (Lipinski definition) is 0. The normalized spacial score (nSPS) is 20.4. The summed E-state index contributed by atoms with van der Waals surface area (Å²) in [6.45, 7) is 1.16. The number of sulfone groups is 1. The molecule has 0 amide bonds. The van der Waals surface area contributed by atoms with Crippen LogP contribution in [-0.2, 0) is 9.84 Å². The zero-order valence-corrected chi connectivity index (χ0v) is 10.2. The maximum absolute atomic E-state index is 11.4. The molecule has 0 N–H and O–H groups in total. The third-order valence-corrected chi connectivity index (χ3v) is 4.39. The second-order valence-electron chi connectivity index (χ2n) is 3.68. The first kappa shape index (κ1) is 11.6. The van der Waals surface area contributed by atoms with E-state index >= 15 is 0 Å². The molecule has 1 aromatic heterocycles. The van der Waals surface area contributed by atoms with Crippen LogP contribution in [0, 0.1) is 0 Å². The average Bonchev–Trinajstić information content (AvgIpc) is 2.39. The number of rotatable bonds is 1. The van der Waals surface area contributed by atoms with Crippen LogP contribution in [0.25, 0.3) is 0 Å². The standard InChI is InChI=1S/C9H12ClN3O2S/c10-9-11-3-2-8(12-9)13-4-1-6-16(14,15)7-5-13/h2-3H,1,4-7H2. The van der Waals surface area contributed by atoms with Gasteiger partial charge in [0.1, 0.15) is 5.82 Å². The quantitative estimate of drug-likeness (QED) is 0.699. The van der Waals surface area contributed by atoms with Crippen molar-refractivity contribution in [3.05, 3.63) is 17.5 Å². The first-order valence-corrected chi connectivity index (χ1v) is 7.21. The van der Waals surface area contributed by atoms with Crippen molar-refractivity contribution >= 4 is 27.3 Å². The largest absolute Gasteiger partial charge is 0.355 e. The zero-order chi connectivity index (χ0) is 11.6. The SMILES string of the molecule is O=S1(=O)CCCN(c2ccnc(Cl)n2)CC1. The Balaban J connectivity index is 2.17. The lowest BCUT2D eigenvalue weighted by Crippen LogP contribution is -2.27.